The topological polar surface area (TPSA) is 55.1 Å². The van der Waals surface area contributed by atoms with Gasteiger partial charge in [0, 0.05) is 28.6 Å². The Morgan fingerprint density at radius 2 is 1.76 bits per heavy atom. The number of fused-ring (bicyclic) bond motifs is 1. The maximum Gasteiger partial charge on any atom is 0.233 e. The van der Waals surface area contributed by atoms with E-state index in [0.29, 0.717) is 23.7 Å². The predicted molar refractivity (Wildman–Crippen MR) is 109 cm³/mol. The highest BCUT2D eigenvalue weighted by Crippen LogP contribution is 2.49. The van der Waals surface area contributed by atoms with Gasteiger partial charge in [-0.2, -0.15) is 0 Å². The molecule has 2 aromatic carbocycles. The van der Waals surface area contributed by atoms with Crippen molar-refractivity contribution in [2.75, 3.05) is 5.32 Å². The number of carbonyl (C=O) groups excluding carboxylic acids is 1. The van der Waals surface area contributed by atoms with E-state index >= 15 is 0 Å². The molecular weight excluding hydrogens is 391 g/mol. The van der Waals surface area contributed by atoms with Gasteiger partial charge in [0.15, 0.2) is 5.78 Å². The number of halogens is 2. The molecule has 2 atom stereocenters. The second kappa shape index (κ2) is 6.85. The zero-order chi connectivity index (χ0) is 20.1. The van der Waals surface area contributed by atoms with E-state index in [1.54, 1.807) is 12.1 Å². The Morgan fingerprint density at radius 3 is 2.48 bits per heavy atom. The van der Waals surface area contributed by atoms with E-state index < -0.39 is 0 Å². The van der Waals surface area contributed by atoms with Gasteiger partial charge in [0.1, 0.15) is 5.82 Å². The molecule has 0 saturated carbocycles. The second-order valence-corrected chi connectivity index (χ2v) is 8.03. The van der Waals surface area contributed by atoms with Crippen LogP contribution in [0.15, 0.2) is 64.3 Å². The Bertz CT molecular complexity index is 1130. The molecule has 1 aliphatic carbocycles. The van der Waals surface area contributed by atoms with Crippen LogP contribution in [-0.2, 0) is 4.79 Å². The van der Waals surface area contributed by atoms with Gasteiger partial charge in [-0.1, -0.05) is 41.0 Å². The lowest BCUT2D eigenvalue weighted by Crippen LogP contribution is -2.29. The Morgan fingerprint density at radius 1 is 1.07 bits per heavy atom. The van der Waals surface area contributed by atoms with E-state index in [9.17, 15) is 9.18 Å². The molecule has 0 fully saturated rings. The number of hydrogen-bond donors (Lipinski definition) is 1. The highest BCUT2D eigenvalue weighted by Gasteiger charge is 2.41. The van der Waals surface area contributed by atoms with Gasteiger partial charge in [0.2, 0.25) is 5.88 Å². The van der Waals surface area contributed by atoms with Gasteiger partial charge >= 0.3 is 0 Å². The van der Waals surface area contributed by atoms with E-state index in [2.05, 4.69) is 10.5 Å². The number of Topliss-reactive ketones (excluding diaryl/α,β-unsaturated/α-hetero) is 1. The number of benzene rings is 2. The first-order valence-electron chi connectivity index (χ1n) is 9.51. The quantitative estimate of drug-likeness (QED) is 0.588. The molecule has 4 nitrogen and oxygen atoms in total. The highest BCUT2D eigenvalue weighted by atomic mass is 35.5. The molecule has 0 amide bonds. The van der Waals surface area contributed by atoms with E-state index in [0.717, 1.165) is 33.7 Å². The van der Waals surface area contributed by atoms with Crippen LogP contribution < -0.4 is 5.32 Å². The monoisotopic (exact) mass is 408 g/mol. The molecule has 2 heterocycles. The average molecular weight is 409 g/mol. The first-order chi connectivity index (χ1) is 14.0. The number of ketones is 1. The summed E-state index contributed by atoms with van der Waals surface area (Å²) in [6.07, 6.45) is 1.10. The third-order valence-corrected chi connectivity index (χ3v) is 6.05. The summed E-state index contributed by atoms with van der Waals surface area (Å²) in [4.78, 5) is 13.3. The Kier molecular flexibility index (Phi) is 4.28. The fourth-order valence-electron chi connectivity index (χ4n) is 4.43. The highest BCUT2D eigenvalue weighted by molar-refractivity contribution is 6.30. The zero-order valence-corrected chi connectivity index (χ0v) is 16.5. The normalized spacial score (nSPS) is 20.9. The minimum absolute atomic E-state index is 0.0606. The molecule has 0 saturated heterocycles. The van der Waals surface area contributed by atoms with Crippen molar-refractivity contribution in [3.8, 4) is 0 Å². The van der Waals surface area contributed by atoms with Crippen LogP contribution in [0.3, 0.4) is 0 Å². The first kappa shape index (κ1) is 18.1. The smallest absolute Gasteiger partial charge is 0.233 e. The minimum Gasteiger partial charge on any atom is -0.338 e. The number of carbonyl (C=O) groups is 1. The van der Waals surface area contributed by atoms with Crippen LogP contribution in [0.25, 0.3) is 0 Å². The van der Waals surface area contributed by atoms with Crippen LogP contribution in [0.4, 0.5) is 10.3 Å². The zero-order valence-electron chi connectivity index (χ0n) is 15.7. The molecule has 6 heteroatoms. The van der Waals surface area contributed by atoms with Crippen LogP contribution in [0.5, 0.6) is 0 Å². The molecule has 1 N–H and O–H groups in total. The number of nitrogens with one attached hydrogen (secondary N) is 1. The van der Waals surface area contributed by atoms with Crippen molar-refractivity contribution in [3.05, 3.63) is 93.0 Å². The Balaban J connectivity index is 1.61. The standard InChI is InChI=1S/C23H18ClFN2O2/c1-12-20-21(14-4-8-17(25)9-5-14)22-18(26-23(20)29-27-12)10-15(11-19(22)28)13-2-6-16(24)7-3-13/h2-9,15,21,26H,10-11H2,1H3. The minimum atomic E-state index is -0.313. The number of nitrogens with zero attached hydrogens (tertiary/aromatic N) is 1. The van der Waals surface area contributed by atoms with Gasteiger partial charge < -0.3 is 9.84 Å². The largest absolute Gasteiger partial charge is 0.338 e. The van der Waals surface area contributed by atoms with Gasteiger partial charge in [-0.05, 0) is 54.7 Å². The van der Waals surface area contributed by atoms with E-state index in [4.69, 9.17) is 16.1 Å². The van der Waals surface area contributed by atoms with Crippen molar-refractivity contribution in [3.63, 3.8) is 0 Å². The fourth-order valence-corrected chi connectivity index (χ4v) is 4.56. The molecule has 0 radical (unpaired) electrons. The summed E-state index contributed by atoms with van der Waals surface area (Å²) >= 11 is 6.01. The molecule has 1 aromatic heterocycles. The molecule has 1 aliphatic heterocycles. The number of allylic oxidation sites excluding steroid dienone is 2. The van der Waals surface area contributed by atoms with Crippen molar-refractivity contribution < 1.29 is 13.7 Å². The summed E-state index contributed by atoms with van der Waals surface area (Å²) in [6, 6.07) is 13.9. The van der Waals surface area contributed by atoms with Crippen LogP contribution >= 0.6 is 11.6 Å². The second-order valence-electron chi connectivity index (χ2n) is 7.59. The van der Waals surface area contributed by atoms with Crippen molar-refractivity contribution in [1.82, 2.24) is 5.16 Å². The third-order valence-electron chi connectivity index (χ3n) is 5.80. The summed E-state index contributed by atoms with van der Waals surface area (Å²) < 4.78 is 19.0. The number of hydrogen-bond acceptors (Lipinski definition) is 4. The molecule has 5 rings (SSSR count). The molecule has 2 unspecified atom stereocenters. The van der Waals surface area contributed by atoms with Crippen molar-refractivity contribution >= 4 is 23.3 Å². The third kappa shape index (κ3) is 3.06. The van der Waals surface area contributed by atoms with E-state index in [1.165, 1.54) is 12.1 Å². The summed E-state index contributed by atoms with van der Waals surface area (Å²) in [7, 11) is 0. The molecule has 146 valence electrons. The number of anilines is 1. The van der Waals surface area contributed by atoms with Crippen molar-refractivity contribution in [2.45, 2.75) is 31.6 Å². The van der Waals surface area contributed by atoms with E-state index in [-0.39, 0.29) is 23.4 Å². The van der Waals surface area contributed by atoms with Crippen molar-refractivity contribution in [2.24, 2.45) is 0 Å². The number of aryl methyl sites for hydroxylation is 1. The first-order valence-corrected chi connectivity index (χ1v) is 9.89. The lowest BCUT2D eigenvalue weighted by Gasteiger charge is -2.34. The van der Waals surface area contributed by atoms with Crippen molar-refractivity contribution in [1.29, 1.82) is 0 Å². The van der Waals surface area contributed by atoms with Gasteiger partial charge in [0.25, 0.3) is 0 Å². The summed E-state index contributed by atoms with van der Waals surface area (Å²) in [5.41, 5.74) is 5.06. The maximum atomic E-state index is 13.5. The number of rotatable bonds is 2. The maximum absolute atomic E-state index is 13.5. The van der Waals surface area contributed by atoms with Gasteiger partial charge in [0.05, 0.1) is 11.3 Å². The fraction of sp³-hybridized carbons (Fsp3) is 0.217. The SMILES string of the molecule is Cc1noc2c1C(c1ccc(F)cc1)C1=C(CC(c3ccc(Cl)cc3)CC1=O)N2. The van der Waals surface area contributed by atoms with Gasteiger partial charge in [-0.25, -0.2) is 4.39 Å². The van der Waals surface area contributed by atoms with E-state index in [1.807, 2.05) is 31.2 Å². The molecule has 0 bridgehead atoms. The predicted octanol–water partition coefficient (Wildman–Crippen LogP) is 5.73. The lowest BCUT2D eigenvalue weighted by atomic mass is 9.72. The van der Waals surface area contributed by atoms with Crippen LogP contribution in [0.2, 0.25) is 5.02 Å². The molecule has 3 aromatic rings. The molecule has 29 heavy (non-hydrogen) atoms. The molecular formula is C23H18ClFN2O2. The van der Waals surface area contributed by atoms with Gasteiger partial charge in [-0.3, -0.25) is 4.79 Å². The molecule has 0 spiro atoms. The lowest BCUT2D eigenvalue weighted by molar-refractivity contribution is -0.116. The molecule has 2 aliphatic rings. The summed E-state index contributed by atoms with van der Waals surface area (Å²) in [5, 5.41) is 8.07. The van der Waals surface area contributed by atoms with Crippen LogP contribution in [0.1, 0.15) is 47.1 Å². The number of aromatic nitrogens is 1. The van der Waals surface area contributed by atoms with Gasteiger partial charge in [-0.15, -0.1) is 0 Å². The Hall–Kier alpha value is -2.92. The summed E-state index contributed by atoms with van der Waals surface area (Å²) in [6.45, 7) is 1.86. The van der Waals surface area contributed by atoms with Crippen LogP contribution in [0, 0.1) is 12.7 Å². The van der Waals surface area contributed by atoms with Crippen LogP contribution in [-0.4, -0.2) is 10.9 Å². The Labute approximate surface area is 172 Å². The summed E-state index contributed by atoms with van der Waals surface area (Å²) in [5.74, 6) is 0.0774. The average Bonchev–Trinajstić information content (AvgIpc) is 3.08.